The molecule has 0 unspecified atom stereocenters. The third-order valence-electron chi connectivity index (χ3n) is 14.4. The van der Waals surface area contributed by atoms with Gasteiger partial charge in [0.25, 0.3) is 0 Å². The van der Waals surface area contributed by atoms with Crippen LogP contribution in [0, 0.1) is 0 Å². The van der Waals surface area contributed by atoms with Crippen molar-refractivity contribution in [3.63, 3.8) is 0 Å². The molecule has 3 aliphatic rings. The molecule has 74 heavy (non-hydrogen) atoms. The van der Waals surface area contributed by atoms with E-state index in [4.69, 9.17) is 28.0 Å². The van der Waals surface area contributed by atoms with Gasteiger partial charge in [-0.2, -0.15) is 0 Å². The van der Waals surface area contributed by atoms with E-state index < -0.39 is 12.0 Å². The number of piperidine rings is 3. The highest BCUT2D eigenvalue weighted by Gasteiger charge is 2.33. The standard InChI is InChI=1S/2C20H39N3O2.C15H27NO3.C3H10N2/c1-2-3-4-5-6-8-14-19(24)23-17-12-9-13-18(23)20(25)22-16-11-7-10-15-21;1-2-3-4-5-6-7-8-9-14-19(24)23-17-11-10-13-18(23)20(25)22-16-12-15-21;1-2-3-4-5-6-7-11-14(17)16-12-9-8-10-13(16)15(18)19;4-2-1-3-5/h2*18H,2-17,21H2,1H3,(H,22,25);13H,2-12H2,1H3,(H,18,19);1-5H2/t2*18-;13-;/m100./s1. The Morgan fingerprint density at radius 3 is 1.00 bits per heavy atom. The van der Waals surface area contributed by atoms with Crippen molar-refractivity contribution in [3.05, 3.63) is 0 Å². The molecule has 3 saturated heterocycles. The Morgan fingerprint density at radius 2 is 0.676 bits per heavy atom. The fourth-order valence-electron chi connectivity index (χ4n) is 9.77. The van der Waals surface area contributed by atoms with E-state index in [1.807, 2.05) is 9.80 Å². The van der Waals surface area contributed by atoms with Crippen molar-refractivity contribution in [2.75, 3.05) is 58.9 Å². The Hall–Kier alpha value is -3.34. The smallest absolute Gasteiger partial charge is 0.326 e. The van der Waals surface area contributed by atoms with Crippen LogP contribution in [-0.4, -0.2) is 132 Å². The lowest BCUT2D eigenvalue weighted by atomic mass is 10.00. The van der Waals surface area contributed by atoms with Crippen LogP contribution in [0.2, 0.25) is 0 Å². The van der Waals surface area contributed by atoms with Crippen molar-refractivity contribution >= 4 is 35.5 Å². The number of amides is 5. The van der Waals surface area contributed by atoms with Crippen LogP contribution in [-0.2, 0) is 28.8 Å². The van der Waals surface area contributed by atoms with Gasteiger partial charge >= 0.3 is 5.97 Å². The van der Waals surface area contributed by atoms with Crippen molar-refractivity contribution in [2.24, 2.45) is 22.9 Å². The second-order valence-corrected chi connectivity index (χ2v) is 20.9. The molecule has 0 radical (unpaired) electrons. The number of likely N-dealkylation sites (tertiary alicyclic amines) is 3. The number of carbonyl (C=O) groups excluding carboxylic acids is 5. The molecule has 434 valence electrons. The highest BCUT2D eigenvalue weighted by Crippen LogP contribution is 2.22. The fourth-order valence-corrected chi connectivity index (χ4v) is 9.77. The predicted octanol–water partition coefficient (Wildman–Crippen LogP) is 9.22. The number of aliphatic carboxylic acids is 1. The van der Waals surface area contributed by atoms with Gasteiger partial charge in [-0.15, -0.1) is 0 Å². The number of nitrogens with one attached hydrogen (secondary N) is 2. The van der Waals surface area contributed by atoms with Gasteiger partial charge in [0.1, 0.15) is 18.1 Å². The first-order valence-electron chi connectivity index (χ1n) is 30.5. The Bertz CT molecular complexity index is 1400. The Labute approximate surface area is 451 Å². The van der Waals surface area contributed by atoms with Gasteiger partial charge in [-0.05, 0) is 129 Å². The van der Waals surface area contributed by atoms with Gasteiger partial charge in [0.15, 0.2) is 0 Å². The number of carboxylic acids is 1. The first-order chi connectivity index (χ1) is 36.0. The molecule has 0 spiro atoms. The summed E-state index contributed by atoms with van der Waals surface area (Å²) in [5, 5.41) is 15.1. The summed E-state index contributed by atoms with van der Waals surface area (Å²) in [6.45, 7) is 12.7. The second kappa shape index (κ2) is 50.5. The molecule has 3 atom stereocenters. The third kappa shape index (κ3) is 35.8. The summed E-state index contributed by atoms with van der Waals surface area (Å²) in [4.78, 5) is 78.3. The SMILES string of the molecule is CCCCCCCCC(=O)N1CCCC[C@@H]1C(=O)NCCCCCN.CCCCCCCCC(=O)N1CCCC[C@H]1C(=O)O.CCCCCCCCCCC(=O)N1CCCC[C@H]1C(=O)NCCCN.NCCCN. The molecule has 0 saturated carbocycles. The van der Waals surface area contributed by atoms with Crippen LogP contribution >= 0.6 is 0 Å². The lowest BCUT2D eigenvalue weighted by Crippen LogP contribution is -2.52. The first kappa shape index (κ1) is 70.7. The monoisotopic (exact) mass is 1050 g/mol. The molecule has 0 aromatic rings. The molecule has 3 rings (SSSR count). The Balaban J connectivity index is 0.00000104. The molecule has 3 aliphatic heterocycles. The summed E-state index contributed by atoms with van der Waals surface area (Å²) in [7, 11) is 0. The summed E-state index contributed by atoms with van der Waals surface area (Å²) >= 11 is 0. The fraction of sp³-hybridized carbons (Fsp3) is 0.897. The van der Waals surface area contributed by atoms with Crippen LogP contribution in [0.4, 0.5) is 0 Å². The van der Waals surface area contributed by atoms with Crippen LogP contribution in [0.15, 0.2) is 0 Å². The normalized spacial score (nSPS) is 17.4. The number of hydrogen-bond acceptors (Lipinski definition) is 10. The highest BCUT2D eigenvalue weighted by molar-refractivity contribution is 5.88. The average Bonchev–Trinajstić information content (AvgIpc) is 3.41. The molecule has 5 amide bonds. The van der Waals surface area contributed by atoms with E-state index in [0.29, 0.717) is 58.4 Å². The van der Waals surface area contributed by atoms with Crippen LogP contribution in [0.3, 0.4) is 0 Å². The van der Waals surface area contributed by atoms with Gasteiger partial charge in [-0.25, -0.2) is 4.79 Å². The van der Waals surface area contributed by atoms with E-state index in [0.717, 1.165) is 148 Å². The lowest BCUT2D eigenvalue weighted by molar-refractivity contribution is -0.152. The molecule has 0 aromatic carbocycles. The predicted molar refractivity (Wildman–Crippen MR) is 304 cm³/mol. The lowest BCUT2D eigenvalue weighted by Gasteiger charge is -2.35. The minimum absolute atomic E-state index is 0.00239. The number of nitrogens with zero attached hydrogens (tertiary/aromatic N) is 3. The Kier molecular flexibility index (Phi) is 48.2. The summed E-state index contributed by atoms with van der Waals surface area (Å²) in [6.07, 6.45) is 38.4. The van der Waals surface area contributed by atoms with Gasteiger partial charge in [0.05, 0.1) is 0 Å². The molecule has 0 aromatic heterocycles. The third-order valence-corrected chi connectivity index (χ3v) is 14.4. The molecular formula is C58H115N9O7. The summed E-state index contributed by atoms with van der Waals surface area (Å²) in [6, 6.07) is -1.11. The average molecular weight is 1050 g/mol. The maximum Gasteiger partial charge on any atom is 0.326 e. The van der Waals surface area contributed by atoms with Crippen molar-refractivity contribution in [3.8, 4) is 0 Å². The largest absolute Gasteiger partial charge is 0.480 e. The van der Waals surface area contributed by atoms with Gasteiger partial charge in [-0.3, -0.25) is 24.0 Å². The minimum Gasteiger partial charge on any atom is -0.480 e. The summed E-state index contributed by atoms with van der Waals surface area (Å²) in [5.74, 6) is -0.470. The zero-order valence-electron chi connectivity index (χ0n) is 47.8. The molecular weight excluding hydrogens is 935 g/mol. The number of nitrogens with two attached hydrogens (primary N) is 4. The van der Waals surface area contributed by atoms with E-state index >= 15 is 0 Å². The van der Waals surface area contributed by atoms with Crippen LogP contribution < -0.4 is 33.6 Å². The molecule has 16 nitrogen and oxygen atoms in total. The van der Waals surface area contributed by atoms with E-state index in [9.17, 15) is 28.8 Å². The van der Waals surface area contributed by atoms with Crippen molar-refractivity contribution in [2.45, 2.75) is 276 Å². The van der Waals surface area contributed by atoms with E-state index in [2.05, 4.69) is 31.4 Å². The quantitative estimate of drug-likeness (QED) is 0.0291. The minimum atomic E-state index is -0.851. The van der Waals surface area contributed by atoms with Crippen molar-refractivity contribution < 1.29 is 33.9 Å². The topological polar surface area (TPSA) is 261 Å². The van der Waals surface area contributed by atoms with Crippen LogP contribution in [0.5, 0.6) is 0 Å². The van der Waals surface area contributed by atoms with E-state index in [1.165, 1.54) is 89.9 Å². The first-order valence-corrected chi connectivity index (χ1v) is 30.5. The number of unbranched alkanes of at least 4 members (excludes halogenated alkanes) is 19. The molecule has 3 heterocycles. The number of carbonyl (C=O) groups is 6. The maximum absolute atomic E-state index is 12.5. The molecule has 3 fully saturated rings. The molecule has 16 heteroatoms. The second-order valence-electron chi connectivity index (χ2n) is 20.9. The molecule has 0 aliphatic carbocycles. The summed E-state index contributed by atoms with van der Waals surface area (Å²) in [5.41, 5.74) is 21.1. The van der Waals surface area contributed by atoms with Crippen LogP contribution in [0.1, 0.15) is 258 Å². The highest BCUT2D eigenvalue weighted by atomic mass is 16.4. The van der Waals surface area contributed by atoms with E-state index in [-0.39, 0.29) is 41.6 Å². The zero-order chi connectivity index (χ0) is 54.9. The van der Waals surface area contributed by atoms with Gasteiger partial charge in [-0.1, -0.05) is 136 Å². The summed E-state index contributed by atoms with van der Waals surface area (Å²) < 4.78 is 0. The number of hydrogen-bond donors (Lipinski definition) is 7. The van der Waals surface area contributed by atoms with Crippen molar-refractivity contribution in [1.82, 2.24) is 25.3 Å². The molecule has 11 N–H and O–H groups in total. The van der Waals surface area contributed by atoms with Crippen LogP contribution in [0.25, 0.3) is 0 Å². The maximum atomic E-state index is 12.5. The van der Waals surface area contributed by atoms with E-state index in [1.54, 1.807) is 4.90 Å². The van der Waals surface area contributed by atoms with Gasteiger partial charge in [0, 0.05) is 52.0 Å². The Morgan fingerprint density at radius 1 is 0.378 bits per heavy atom. The van der Waals surface area contributed by atoms with Crippen molar-refractivity contribution in [1.29, 1.82) is 0 Å². The van der Waals surface area contributed by atoms with Gasteiger partial charge in [0.2, 0.25) is 29.5 Å². The number of rotatable bonds is 36. The molecule has 0 bridgehead atoms. The zero-order valence-corrected chi connectivity index (χ0v) is 47.8. The van der Waals surface area contributed by atoms with Gasteiger partial charge < -0.3 is 53.4 Å². The number of carboxylic acid groups (broad SMARTS) is 1.